The van der Waals surface area contributed by atoms with Crippen molar-refractivity contribution < 1.29 is 9.84 Å². The first kappa shape index (κ1) is 14.1. The Morgan fingerprint density at radius 3 is 1.89 bits per heavy atom. The molecule has 2 aromatic carbocycles. The fraction of sp³-hybridized carbons (Fsp3) is 0.250. The lowest BCUT2D eigenvalue weighted by Gasteiger charge is -1.99. The van der Waals surface area contributed by atoms with Crippen LogP contribution in [-0.4, -0.2) is 12.2 Å². The Balaban J connectivity index is 0.000000184. The highest BCUT2D eigenvalue weighted by Crippen LogP contribution is 2.11. The summed E-state index contributed by atoms with van der Waals surface area (Å²) in [5.41, 5.74) is 2.52. The van der Waals surface area contributed by atoms with Gasteiger partial charge in [-0.2, -0.15) is 0 Å². The topological polar surface area (TPSA) is 29.5 Å². The van der Waals surface area contributed by atoms with E-state index in [1.807, 2.05) is 31.2 Å². The molecule has 0 aromatic heterocycles. The summed E-state index contributed by atoms with van der Waals surface area (Å²) < 4.78 is 5.01. The number of hydrogen-bond acceptors (Lipinski definition) is 2. The minimum absolute atomic E-state index is 0.329. The van der Waals surface area contributed by atoms with Crippen LogP contribution in [0.5, 0.6) is 11.5 Å². The molecule has 2 nitrogen and oxygen atoms in total. The molecule has 18 heavy (non-hydrogen) atoms. The minimum atomic E-state index is 0.329. The molecule has 96 valence electrons. The first-order valence-corrected chi connectivity index (χ1v) is 6.04. The van der Waals surface area contributed by atoms with Gasteiger partial charge in [0.2, 0.25) is 0 Å². The quantitative estimate of drug-likeness (QED) is 0.866. The van der Waals surface area contributed by atoms with Crippen LogP contribution in [0.25, 0.3) is 0 Å². The molecule has 0 saturated carbocycles. The number of benzene rings is 2. The summed E-state index contributed by atoms with van der Waals surface area (Å²) in [5.74, 6) is 1.26. The molecular formula is C16H20O2. The van der Waals surface area contributed by atoms with Gasteiger partial charge in [-0.3, -0.25) is 0 Å². The zero-order valence-corrected chi connectivity index (χ0v) is 11.2. The summed E-state index contributed by atoms with van der Waals surface area (Å²) in [6, 6.07) is 15.2. The summed E-state index contributed by atoms with van der Waals surface area (Å²) in [7, 11) is 1.68. The van der Waals surface area contributed by atoms with E-state index in [4.69, 9.17) is 9.84 Å². The van der Waals surface area contributed by atoms with Gasteiger partial charge in [-0.05, 0) is 43.2 Å². The summed E-state index contributed by atoms with van der Waals surface area (Å²) in [4.78, 5) is 0. The lowest BCUT2D eigenvalue weighted by Crippen LogP contribution is -1.83. The van der Waals surface area contributed by atoms with Crippen molar-refractivity contribution in [3.8, 4) is 11.5 Å². The highest BCUT2D eigenvalue weighted by molar-refractivity contribution is 5.27. The van der Waals surface area contributed by atoms with E-state index in [-0.39, 0.29) is 0 Å². The Kier molecular flexibility index (Phi) is 5.78. The Labute approximate surface area is 109 Å². The van der Waals surface area contributed by atoms with Crippen molar-refractivity contribution in [1.29, 1.82) is 0 Å². The molecule has 0 aliphatic heterocycles. The fourth-order valence-electron chi connectivity index (χ4n) is 1.41. The maximum Gasteiger partial charge on any atom is 0.118 e. The largest absolute Gasteiger partial charge is 0.508 e. The molecule has 0 bridgehead atoms. The number of aryl methyl sites for hydroxylation is 2. The lowest BCUT2D eigenvalue weighted by molar-refractivity contribution is 0.414. The number of rotatable bonds is 2. The molecule has 0 fully saturated rings. The van der Waals surface area contributed by atoms with Crippen molar-refractivity contribution in [3.05, 3.63) is 59.7 Å². The number of hydrogen-bond donors (Lipinski definition) is 1. The lowest BCUT2D eigenvalue weighted by atomic mass is 10.2. The van der Waals surface area contributed by atoms with E-state index < -0.39 is 0 Å². The minimum Gasteiger partial charge on any atom is -0.508 e. The van der Waals surface area contributed by atoms with Gasteiger partial charge in [0.05, 0.1) is 7.11 Å². The predicted molar refractivity (Wildman–Crippen MR) is 75.2 cm³/mol. The predicted octanol–water partition coefficient (Wildman–Crippen LogP) is 3.96. The fourth-order valence-corrected chi connectivity index (χ4v) is 1.41. The van der Waals surface area contributed by atoms with Crippen LogP contribution in [0.2, 0.25) is 0 Å². The number of ether oxygens (including phenoxy) is 1. The summed E-state index contributed by atoms with van der Waals surface area (Å²) >= 11 is 0. The van der Waals surface area contributed by atoms with Crippen molar-refractivity contribution in [2.24, 2.45) is 0 Å². The van der Waals surface area contributed by atoms with Crippen molar-refractivity contribution in [1.82, 2.24) is 0 Å². The average Bonchev–Trinajstić information content (AvgIpc) is 2.43. The first-order chi connectivity index (χ1) is 8.65. The van der Waals surface area contributed by atoms with E-state index in [9.17, 15) is 0 Å². The molecule has 0 saturated heterocycles. The normalized spacial score (nSPS) is 9.28. The Morgan fingerprint density at radius 1 is 0.944 bits per heavy atom. The molecule has 0 radical (unpaired) electrons. The third kappa shape index (κ3) is 4.91. The van der Waals surface area contributed by atoms with Gasteiger partial charge in [0.15, 0.2) is 0 Å². The first-order valence-electron chi connectivity index (χ1n) is 6.04. The van der Waals surface area contributed by atoms with E-state index in [2.05, 4.69) is 19.1 Å². The van der Waals surface area contributed by atoms with Crippen LogP contribution in [0.3, 0.4) is 0 Å². The van der Waals surface area contributed by atoms with Crippen molar-refractivity contribution in [3.63, 3.8) is 0 Å². The average molecular weight is 244 g/mol. The maximum absolute atomic E-state index is 8.76. The van der Waals surface area contributed by atoms with Gasteiger partial charge in [0, 0.05) is 0 Å². The second kappa shape index (κ2) is 7.38. The Bertz CT molecular complexity index is 400. The monoisotopic (exact) mass is 244 g/mol. The molecule has 2 rings (SSSR count). The van der Waals surface area contributed by atoms with Crippen LogP contribution >= 0.6 is 0 Å². The van der Waals surface area contributed by atoms with Crippen LogP contribution in [0.1, 0.15) is 18.1 Å². The van der Waals surface area contributed by atoms with E-state index in [0.29, 0.717) is 5.75 Å². The maximum atomic E-state index is 8.76. The van der Waals surface area contributed by atoms with Crippen LogP contribution in [0.15, 0.2) is 48.5 Å². The highest BCUT2D eigenvalue weighted by Gasteiger charge is 1.89. The van der Waals surface area contributed by atoms with E-state index in [1.54, 1.807) is 19.2 Å². The van der Waals surface area contributed by atoms with E-state index in [1.165, 1.54) is 11.1 Å². The van der Waals surface area contributed by atoms with Crippen LogP contribution in [0.4, 0.5) is 0 Å². The van der Waals surface area contributed by atoms with Crippen LogP contribution in [-0.2, 0) is 6.42 Å². The number of aromatic hydroxyl groups is 1. The SMILES string of the molecule is CCc1ccc(OC)cc1.Cc1ccc(O)cc1. The highest BCUT2D eigenvalue weighted by atomic mass is 16.5. The second-order valence-corrected chi connectivity index (χ2v) is 4.04. The number of phenolic OH excluding ortho intramolecular Hbond substituents is 1. The summed E-state index contributed by atoms with van der Waals surface area (Å²) in [6.45, 7) is 4.13. The molecule has 2 aromatic rings. The molecule has 0 amide bonds. The number of methoxy groups -OCH3 is 1. The van der Waals surface area contributed by atoms with Gasteiger partial charge in [-0.25, -0.2) is 0 Å². The Hall–Kier alpha value is -1.96. The third-order valence-electron chi connectivity index (χ3n) is 2.60. The zero-order valence-electron chi connectivity index (χ0n) is 11.2. The van der Waals surface area contributed by atoms with Gasteiger partial charge in [-0.1, -0.05) is 36.8 Å². The molecule has 0 atom stereocenters. The molecule has 0 aliphatic rings. The molecule has 0 unspecified atom stereocenters. The van der Waals surface area contributed by atoms with Crippen LogP contribution < -0.4 is 4.74 Å². The molecular weight excluding hydrogens is 224 g/mol. The Morgan fingerprint density at radius 2 is 1.50 bits per heavy atom. The van der Waals surface area contributed by atoms with Gasteiger partial charge >= 0.3 is 0 Å². The van der Waals surface area contributed by atoms with E-state index in [0.717, 1.165) is 12.2 Å². The van der Waals surface area contributed by atoms with Gasteiger partial charge in [-0.15, -0.1) is 0 Å². The van der Waals surface area contributed by atoms with Crippen molar-refractivity contribution >= 4 is 0 Å². The third-order valence-corrected chi connectivity index (χ3v) is 2.60. The molecule has 0 aliphatic carbocycles. The molecule has 0 heterocycles. The van der Waals surface area contributed by atoms with Gasteiger partial charge < -0.3 is 9.84 Å². The second-order valence-electron chi connectivity index (χ2n) is 4.04. The van der Waals surface area contributed by atoms with Crippen LogP contribution in [0, 0.1) is 6.92 Å². The number of phenols is 1. The molecule has 0 spiro atoms. The zero-order chi connectivity index (χ0) is 13.4. The smallest absolute Gasteiger partial charge is 0.118 e. The standard InChI is InChI=1S/C9H12O.C7H8O/c1-3-8-4-6-9(10-2)7-5-8;1-6-2-4-7(8)5-3-6/h4-7H,3H2,1-2H3;2-5,8H,1H3. The summed E-state index contributed by atoms with van der Waals surface area (Å²) in [5, 5.41) is 8.76. The van der Waals surface area contributed by atoms with Crippen molar-refractivity contribution in [2.75, 3.05) is 7.11 Å². The van der Waals surface area contributed by atoms with Crippen molar-refractivity contribution in [2.45, 2.75) is 20.3 Å². The van der Waals surface area contributed by atoms with Gasteiger partial charge in [0.1, 0.15) is 11.5 Å². The molecule has 1 N–H and O–H groups in total. The van der Waals surface area contributed by atoms with E-state index >= 15 is 0 Å². The van der Waals surface area contributed by atoms with Gasteiger partial charge in [0.25, 0.3) is 0 Å². The summed E-state index contributed by atoms with van der Waals surface area (Å²) in [6.07, 6.45) is 1.09. The molecule has 2 heteroatoms.